The molecule has 0 radical (unpaired) electrons. The fourth-order valence-corrected chi connectivity index (χ4v) is 3.70. The fraction of sp³-hybridized carbons (Fsp3) is 0.217. The number of nitrogens with one attached hydrogen (secondary N) is 1. The van der Waals surface area contributed by atoms with Gasteiger partial charge >= 0.3 is 0 Å². The average Bonchev–Trinajstić information content (AvgIpc) is 2.74. The van der Waals surface area contributed by atoms with Gasteiger partial charge in [-0.2, -0.15) is 0 Å². The zero-order chi connectivity index (χ0) is 21.5. The second-order valence-corrected chi connectivity index (χ2v) is 7.94. The first-order chi connectivity index (χ1) is 14.5. The van der Waals surface area contributed by atoms with E-state index in [1.54, 1.807) is 25.3 Å². The minimum atomic E-state index is -0.588. The Balaban J connectivity index is 0.00000341. The molecule has 0 bridgehead atoms. The predicted octanol–water partition coefficient (Wildman–Crippen LogP) is 6.48. The molecule has 3 aromatic rings. The van der Waals surface area contributed by atoms with Crippen LogP contribution in [0.5, 0.6) is 11.5 Å². The van der Waals surface area contributed by atoms with Gasteiger partial charge in [0.15, 0.2) is 11.5 Å². The molecule has 8 heteroatoms. The molecular formula is C23H23Cl4NO3. The third-order valence-corrected chi connectivity index (χ3v) is 5.40. The largest absolute Gasteiger partial charge is 0.493 e. The van der Waals surface area contributed by atoms with Crippen LogP contribution in [-0.4, -0.2) is 18.8 Å². The highest BCUT2D eigenvalue weighted by molar-refractivity contribution is 6.35. The van der Waals surface area contributed by atoms with Gasteiger partial charge in [0.1, 0.15) is 6.61 Å². The third-order valence-electron chi connectivity index (χ3n) is 4.53. The van der Waals surface area contributed by atoms with Gasteiger partial charge in [-0.15, -0.1) is 12.4 Å². The molecular weight excluding hydrogens is 480 g/mol. The molecule has 2 N–H and O–H groups in total. The van der Waals surface area contributed by atoms with Crippen molar-refractivity contribution in [2.45, 2.75) is 19.3 Å². The fourth-order valence-electron chi connectivity index (χ4n) is 2.95. The van der Waals surface area contributed by atoms with Gasteiger partial charge in [-0.1, -0.05) is 71.2 Å². The van der Waals surface area contributed by atoms with Crippen molar-refractivity contribution >= 4 is 47.2 Å². The first kappa shape index (κ1) is 25.6. The summed E-state index contributed by atoms with van der Waals surface area (Å²) in [5, 5.41) is 15.0. The summed E-state index contributed by atoms with van der Waals surface area (Å²) in [6.07, 6.45) is -0.588. The maximum atomic E-state index is 10.3. The molecule has 31 heavy (non-hydrogen) atoms. The number of aliphatic hydroxyl groups excluding tert-OH is 1. The summed E-state index contributed by atoms with van der Waals surface area (Å²) in [5.41, 5.74) is 2.57. The van der Waals surface area contributed by atoms with E-state index in [1.807, 2.05) is 42.5 Å². The maximum absolute atomic E-state index is 10.3. The van der Waals surface area contributed by atoms with Crippen LogP contribution < -0.4 is 14.8 Å². The van der Waals surface area contributed by atoms with Crippen molar-refractivity contribution in [3.63, 3.8) is 0 Å². The molecule has 0 aliphatic carbocycles. The van der Waals surface area contributed by atoms with Gasteiger partial charge in [-0.25, -0.2) is 0 Å². The standard InChI is InChI=1S/C23H22Cl3NO3.ClH/c1-29-22-10-15(12-27-13-21(28)16-5-3-2-4-6-16)9-20(26)23(22)30-14-17-7-8-18(24)11-19(17)25;/h2-11,21,27-28H,12-14H2,1H3;1H. The Hall–Kier alpha value is -1.66. The van der Waals surface area contributed by atoms with Gasteiger partial charge in [-0.3, -0.25) is 0 Å². The molecule has 1 atom stereocenters. The number of halogens is 4. The van der Waals surface area contributed by atoms with Crippen molar-refractivity contribution in [3.8, 4) is 11.5 Å². The SMILES string of the molecule is COc1cc(CNCC(O)c2ccccc2)cc(Cl)c1OCc1ccc(Cl)cc1Cl.Cl. The Morgan fingerprint density at radius 2 is 1.71 bits per heavy atom. The van der Waals surface area contributed by atoms with Gasteiger partial charge in [0.05, 0.1) is 18.2 Å². The molecule has 0 spiro atoms. The summed E-state index contributed by atoms with van der Waals surface area (Å²) in [5.74, 6) is 0.964. The zero-order valence-corrected chi connectivity index (χ0v) is 19.9. The lowest BCUT2D eigenvalue weighted by Gasteiger charge is -2.16. The highest BCUT2D eigenvalue weighted by atomic mass is 35.5. The van der Waals surface area contributed by atoms with Gasteiger partial charge in [0.2, 0.25) is 0 Å². The molecule has 0 saturated heterocycles. The van der Waals surface area contributed by atoms with E-state index in [1.165, 1.54) is 0 Å². The van der Waals surface area contributed by atoms with Crippen LogP contribution in [0.3, 0.4) is 0 Å². The molecule has 0 heterocycles. The van der Waals surface area contributed by atoms with Crippen molar-refractivity contribution in [1.82, 2.24) is 5.32 Å². The first-order valence-electron chi connectivity index (χ1n) is 9.34. The lowest BCUT2D eigenvalue weighted by molar-refractivity contribution is 0.174. The minimum absolute atomic E-state index is 0. The van der Waals surface area contributed by atoms with E-state index in [9.17, 15) is 5.11 Å². The zero-order valence-electron chi connectivity index (χ0n) is 16.8. The van der Waals surface area contributed by atoms with Crippen molar-refractivity contribution in [2.75, 3.05) is 13.7 Å². The van der Waals surface area contributed by atoms with E-state index in [0.29, 0.717) is 39.7 Å². The van der Waals surface area contributed by atoms with Gasteiger partial charge in [0.25, 0.3) is 0 Å². The van der Waals surface area contributed by atoms with E-state index < -0.39 is 6.10 Å². The molecule has 0 amide bonds. The normalized spacial score (nSPS) is 11.5. The number of ether oxygens (including phenoxy) is 2. The Labute approximate surface area is 203 Å². The van der Waals surface area contributed by atoms with Crippen LogP contribution >= 0.6 is 47.2 Å². The number of hydrogen-bond acceptors (Lipinski definition) is 4. The van der Waals surface area contributed by atoms with Crippen LogP contribution in [0.25, 0.3) is 0 Å². The summed E-state index contributed by atoms with van der Waals surface area (Å²) in [4.78, 5) is 0. The predicted molar refractivity (Wildman–Crippen MR) is 129 cm³/mol. The van der Waals surface area contributed by atoms with Crippen LogP contribution in [0.1, 0.15) is 22.8 Å². The molecule has 4 nitrogen and oxygen atoms in total. The number of rotatable bonds is 9. The maximum Gasteiger partial charge on any atom is 0.180 e. The summed E-state index contributed by atoms with van der Waals surface area (Å²) < 4.78 is 11.3. The smallest absolute Gasteiger partial charge is 0.180 e. The highest BCUT2D eigenvalue weighted by Crippen LogP contribution is 2.37. The molecule has 0 saturated carbocycles. The second-order valence-electron chi connectivity index (χ2n) is 6.69. The van der Waals surface area contributed by atoms with Gasteiger partial charge in [0, 0.05) is 28.7 Å². The van der Waals surface area contributed by atoms with Crippen LogP contribution in [-0.2, 0) is 13.2 Å². The van der Waals surface area contributed by atoms with Crippen molar-refractivity contribution in [2.24, 2.45) is 0 Å². The quantitative estimate of drug-likeness (QED) is 0.351. The van der Waals surface area contributed by atoms with Crippen LogP contribution in [0.4, 0.5) is 0 Å². The van der Waals surface area contributed by atoms with Crippen molar-refractivity contribution < 1.29 is 14.6 Å². The molecule has 3 rings (SSSR count). The van der Waals surface area contributed by atoms with Crippen molar-refractivity contribution in [1.29, 1.82) is 0 Å². The Morgan fingerprint density at radius 1 is 0.968 bits per heavy atom. The lowest BCUT2D eigenvalue weighted by atomic mass is 10.1. The molecule has 0 fully saturated rings. The lowest BCUT2D eigenvalue weighted by Crippen LogP contribution is -2.21. The number of aliphatic hydroxyl groups is 1. The number of benzene rings is 3. The third kappa shape index (κ3) is 7.18. The molecule has 3 aromatic carbocycles. The second kappa shape index (κ2) is 12.4. The Bertz CT molecular complexity index is 986. The summed E-state index contributed by atoms with van der Waals surface area (Å²) in [6, 6.07) is 18.4. The average molecular weight is 503 g/mol. The minimum Gasteiger partial charge on any atom is -0.493 e. The van der Waals surface area contributed by atoms with Crippen LogP contribution in [0.2, 0.25) is 15.1 Å². The molecule has 1 unspecified atom stereocenters. The highest BCUT2D eigenvalue weighted by Gasteiger charge is 2.14. The number of hydrogen-bond donors (Lipinski definition) is 2. The van der Waals surface area contributed by atoms with Gasteiger partial charge < -0.3 is 19.9 Å². The van der Waals surface area contributed by atoms with E-state index in [0.717, 1.165) is 16.7 Å². The van der Waals surface area contributed by atoms with Crippen molar-refractivity contribution in [3.05, 3.63) is 92.4 Å². The molecule has 0 aliphatic heterocycles. The van der Waals surface area contributed by atoms with Gasteiger partial charge in [-0.05, 0) is 35.4 Å². The van der Waals surface area contributed by atoms with E-state index in [2.05, 4.69) is 5.32 Å². The Kier molecular flexibility index (Phi) is 10.2. The summed E-state index contributed by atoms with van der Waals surface area (Å²) in [6.45, 7) is 1.16. The number of methoxy groups -OCH3 is 1. The summed E-state index contributed by atoms with van der Waals surface area (Å²) >= 11 is 18.6. The monoisotopic (exact) mass is 501 g/mol. The summed E-state index contributed by atoms with van der Waals surface area (Å²) in [7, 11) is 1.56. The first-order valence-corrected chi connectivity index (χ1v) is 10.5. The molecule has 166 valence electrons. The molecule has 0 aliphatic rings. The molecule has 0 aromatic heterocycles. The van der Waals surface area contributed by atoms with Crippen LogP contribution in [0, 0.1) is 0 Å². The van der Waals surface area contributed by atoms with Crippen LogP contribution in [0.15, 0.2) is 60.7 Å². The van der Waals surface area contributed by atoms with E-state index in [-0.39, 0.29) is 19.0 Å². The Morgan fingerprint density at radius 3 is 2.39 bits per heavy atom. The van der Waals surface area contributed by atoms with E-state index >= 15 is 0 Å². The van der Waals surface area contributed by atoms with E-state index in [4.69, 9.17) is 44.3 Å². The topological polar surface area (TPSA) is 50.7 Å².